The minimum absolute atomic E-state index is 0.646. The van der Waals surface area contributed by atoms with Gasteiger partial charge in [-0.1, -0.05) is 35.5 Å². The van der Waals surface area contributed by atoms with Gasteiger partial charge in [0.1, 0.15) is 0 Å². The van der Waals surface area contributed by atoms with Crippen molar-refractivity contribution in [1.82, 2.24) is 25.7 Å². The molecule has 0 spiro atoms. The standard InChI is InChI=1S/C14H15N5O/c1-2-4-11(5-3-1)14-12(9-17-19-14)8-15-7-6-13-16-10-18-20-13/h1-5,9-10,15H,6-8H2,(H,17,19). The lowest BCUT2D eigenvalue weighted by atomic mass is 10.1. The zero-order valence-corrected chi connectivity index (χ0v) is 10.9. The predicted molar refractivity (Wildman–Crippen MR) is 73.7 cm³/mol. The second-order valence-electron chi connectivity index (χ2n) is 4.40. The van der Waals surface area contributed by atoms with Crippen LogP contribution in [-0.2, 0) is 13.0 Å². The normalized spacial score (nSPS) is 10.8. The lowest BCUT2D eigenvalue weighted by Gasteiger charge is -2.04. The molecule has 0 saturated heterocycles. The molecule has 0 bridgehead atoms. The zero-order chi connectivity index (χ0) is 13.6. The molecule has 0 aliphatic carbocycles. The fourth-order valence-electron chi connectivity index (χ4n) is 2.02. The SMILES string of the molecule is c1ccc(-c2[nH]ncc2CNCCc2ncno2)cc1. The average molecular weight is 269 g/mol. The van der Waals surface area contributed by atoms with E-state index in [0.29, 0.717) is 5.89 Å². The van der Waals surface area contributed by atoms with Gasteiger partial charge in [0, 0.05) is 25.1 Å². The van der Waals surface area contributed by atoms with Crippen LogP contribution < -0.4 is 5.32 Å². The Morgan fingerprint density at radius 2 is 2.10 bits per heavy atom. The molecule has 0 aliphatic rings. The van der Waals surface area contributed by atoms with Gasteiger partial charge in [0.2, 0.25) is 5.89 Å². The van der Waals surface area contributed by atoms with Crippen LogP contribution in [0.25, 0.3) is 11.3 Å². The Balaban J connectivity index is 1.57. The van der Waals surface area contributed by atoms with E-state index in [1.807, 2.05) is 24.4 Å². The maximum atomic E-state index is 4.94. The van der Waals surface area contributed by atoms with E-state index < -0.39 is 0 Å². The van der Waals surface area contributed by atoms with E-state index in [1.165, 1.54) is 6.33 Å². The fourth-order valence-corrected chi connectivity index (χ4v) is 2.02. The summed E-state index contributed by atoms with van der Waals surface area (Å²) in [5.74, 6) is 0.646. The number of aromatic nitrogens is 4. The topological polar surface area (TPSA) is 79.6 Å². The molecule has 0 atom stereocenters. The van der Waals surface area contributed by atoms with Gasteiger partial charge in [-0.15, -0.1) is 0 Å². The quantitative estimate of drug-likeness (QED) is 0.667. The molecule has 1 aromatic carbocycles. The largest absolute Gasteiger partial charge is 0.340 e. The van der Waals surface area contributed by atoms with Crippen LogP contribution in [0.3, 0.4) is 0 Å². The van der Waals surface area contributed by atoms with E-state index in [2.05, 4.69) is 37.8 Å². The molecular weight excluding hydrogens is 254 g/mol. The molecule has 0 radical (unpaired) electrons. The molecule has 0 fully saturated rings. The van der Waals surface area contributed by atoms with Gasteiger partial charge in [-0.05, 0) is 5.56 Å². The molecule has 3 rings (SSSR count). The molecule has 0 unspecified atom stereocenters. The Kier molecular flexibility index (Phi) is 3.84. The highest BCUT2D eigenvalue weighted by atomic mass is 16.5. The highest BCUT2D eigenvalue weighted by molar-refractivity contribution is 5.62. The second kappa shape index (κ2) is 6.12. The number of aromatic amines is 1. The first-order valence-electron chi connectivity index (χ1n) is 6.47. The first-order chi connectivity index (χ1) is 9.93. The fraction of sp³-hybridized carbons (Fsp3) is 0.214. The maximum Gasteiger partial charge on any atom is 0.227 e. The number of nitrogens with zero attached hydrogens (tertiary/aromatic N) is 3. The molecule has 0 aliphatic heterocycles. The van der Waals surface area contributed by atoms with E-state index in [9.17, 15) is 0 Å². The lowest BCUT2D eigenvalue weighted by Crippen LogP contribution is -2.16. The smallest absolute Gasteiger partial charge is 0.227 e. The van der Waals surface area contributed by atoms with E-state index in [4.69, 9.17) is 4.52 Å². The van der Waals surface area contributed by atoms with E-state index in [1.54, 1.807) is 0 Å². The molecule has 0 saturated carbocycles. The van der Waals surface area contributed by atoms with Crippen molar-refractivity contribution in [3.8, 4) is 11.3 Å². The number of hydrogen-bond acceptors (Lipinski definition) is 5. The highest BCUT2D eigenvalue weighted by Gasteiger charge is 2.07. The summed E-state index contributed by atoms with van der Waals surface area (Å²) in [7, 11) is 0. The van der Waals surface area contributed by atoms with Crippen LogP contribution in [-0.4, -0.2) is 26.9 Å². The van der Waals surface area contributed by atoms with Crippen LogP contribution in [0, 0.1) is 0 Å². The minimum atomic E-state index is 0.646. The van der Waals surface area contributed by atoms with Gasteiger partial charge in [0.15, 0.2) is 6.33 Å². The van der Waals surface area contributed by atoms with Crippen molar-refractivity contribution < 1.29 is 4.52 Å². The highest BCUT2D eigenvalue weighted by Crippen LogP contribution is 2.20. The summed E-state index contributed by atoms with van der Waals surface area (Å²) < 4.78 is 4.94. The van der Waals surface area contributed by atoms with Gasteiger partial charge in [-0.2, -0.15) is 10.1 Å². The van der Waals surface area contributed by atoms with Crippen molar-refractivity contribution >= 4 is 0 Å². The van der Waals surface area contributed by atoms with Crippen molar-refractivity contribution in [2.24, 2.45) is 0 Å². The van der Waals surface area contributed by atoms with Crippen LogP contribution in [0.4, 0.5) is 0 Å². The molecule has 6 nitrogen and oxygen atoms in total. The second-order valence-corrected chi connectivity index (χ2v) is 4.40. The molecule has 2 aromatic heterocycles. The van der Waals surface area contributed by atoms with Crippen LogP contribution >= 0.6 is 0 Å². The summed E-state index contributed by atoms with van der Waals surface area (Å²) >= 11 is 0. The number of H-pyrrole nitrogens is 1. The monoisotopic (exact) mass is 269 g/mol. The molecule has 2 N–H and O–H groups in total. The molecule has 102 valence electrons. The lowest BCUT2D eigenvalue weighted by molar-refractivity contribution is 0.375. The van der Waals surface area contributed by atoms with Gasteiger partial charge in [-0.3, -0.25) is 5.10 Å². The summed E-state index contributed by atoms with van der Waals surface area (Å²) in [5, 5.41) is 14.1. The predicted octanol–water partition coefficient (Wildman–Crippen LogP) is 1.79. The summed E-state index contributed by atoms with van der Waals surface area (Å²) in [6.07, 6.45) is 3.99. The van der Waals surface area contributed by atoms with Crippen molar-refractivity contribution in [3.05, 3.63) is 54.3 Å². The summed E-state index contributed by atoms with van der Waals surface area (Å²) in [6, 6.07) is 10.2. The van der Waals surface area contributed by atoms with Crippen LogP contribution in [0.2, 0.25) is 0 Å². The van der Waals surface area contributed by atoms with Gasteiger partial charge >= 0.3 is 0 Å². The van der Waals surface area contributed by atoms with Gasteiger partial charge in [-0.25, -0.2) is 0 Å². The Bertz CT molecular complexity index is 633. The Labute approximate surface area is 116 Å². The third-order valence-electron chi connectivity index (χ3n) is 3.02. The molecule has 0 amide bonds. The summed E-state index contributed by atoms with van der Waals surface area (Å²) in [4.78, 5) is 3.98. The van der Waals surface area contributed by atoms with E-state index in [-0.39, 0.29) is 0 Å². The molecule has 20 heavy (non-hydrogen) atoms. The van der Waals surface area contributed by atoms with Gasteiger partial charge in [0.05, 0.1) is 11.9 Å². The van der Waals surface area contributed by atoms with Crippen LogP contribution in [0.5, 0.6) is 0 Å². The summed E-state index contributed by atoms with van der Waals surface area (Å²) in [6.45, 7) is 1.52. The van der Waals surface area contributed by atoms with E-state index >= 15 is 0 Å². The number of benzene rings is 1. The molecule has 3 aromatic rings. The van der Waals surface area contributed by atoms with Crippen molar-refractivity contribution in [1.29, 1.82) is 0 Å². The first-order valence-corrected chi connectivity index (χ1v) is 6.47. The van der Waals surface area contributed by atoms with Gasteiger partial charge < -0.3 is 9.84 Å². The van der Waals surface area contributed by atoms with Crippen molar-refractivity contribution in [2.45, 2.75) is 13.0 Å². The third-order valence-corrected chi connectivity index (χ3v) is 3.02. The van der Waals surface area contributed by atoms with E-state index in [0.717, 1.165) is 36.3 Å². The summed E-state index contributed by atoms with van der Waals surface area (Å²) in [5.41, 5.74) is 3.33. The minimum Gasteiger partial charge on any atom is -0.340 e. The zero-order valence-electron chi connectivity index (χ0n) is 10.9. The van der Waals surface area contributed by atoms with Crippen LogP contribution in [0.15, 0.2) is 47.4 Å². The molecular formula is C14H15N5O. The maximum absolute atomic E-state index is 4.94. The third kappa shape index (κ3) is 2.92. The average Bonchev–Trinajstić information content (AvgIpc) is 3.16. The number of hydrogen-bond donors (Lipinski definition) is 2. The Morgan fingerprint density at radius 3 is 2.90 bits per heavy atom. The van der Waals surface area contributed by atoms with Crippen LogP contribution in [0.1, 0.15) is 11.5 Å². The number of rotatable bonds is 6. The molecule has 2 heterocycles. The van der Waals surface area contributed by atoms with Crippen molar-refractivity contribution in [2.75, 3.05) is 6.54 Å². The Morgan fingerprint density at radius 1 is 1.20 bits per heavy atom. The van der Waals surface area contributed by atoms with Crippen molar-refractivity contribution in [3.63, 3.8) is 0 Å². The molecule has 6 heteroatoms. The number of nitrogens with one attached hydrogen (secondary N) is 2. The van der Waals surface area contributed by atoms with Gasteiger partial charge in [0.25, 0.3) is 0 Å². The Hall–Kier alpha value is -2.47. The first kappa shape index (κ1) is 12.6.